The van der Waals surface area contributed by atoms with Gasteiger partial charge in [-0.15, -0.1) is 10.1 Å². The molecule has 0 aromatic carbocycles. The third kappa shape index (κ3) is 11.9. The predicted molar refractivity (Wildman–Crippen MR) is 78.8 cm³/mol. The highest BCUT2D eigenvalue weighted by atomic mass is 17.0. The summed E-state index contributed by atoms with van der Waals surface area (Å²) in [6.45, 7) is 7.36. The molecule has 0 aromatic rings. The van der Waals surface area contributed by atoms with Gasteiger partial charge in [0.1, 0.15) is 6.10 Å². The molecule has 124 valence electrons. The molecule has 8 heteroatoms. The minimum absolute atomic E-state index is 0.122. The number of amides is 1. The first kappa shape index (κ1) is 19.4. The molecule has 0 heterocycles. The van der Waals surface area contributed by atoms with Crippen LogP contribution in [0.1, 0.15) is 46.0 Å². The number of hydrogen-bond donors (Lipinski definition) is 2. The molecule has 1 amide bonds. The van der Waals surface area contributed by atoms with Crippen LogP contribution >= 0.6 is 0 Å². The van der Waals surface area contributed by atoms with Crippen LogP contribution in [-0.2, 0) is 4.84 Å². The zero-order valence-electron chi connectivity index (χ0n) is 12.9. The molecule has 0 bridgehead atoms. The average Bonchev–Trinajstić information content (AvgIpc) is 2.44. The Morgan fingerprint density at radius 1 is 1.33 bits per heavy atom. The van der Waals surface area contributed by atoms with Crippen LogP contribution in [0.3, 0.4) is 0 Å². The second kappa shape index (κ2) is 12.2. The van der Waals surface area contributed by atoms with Gasteiger partial charge in [0.2, 0.25) is 0 Å². The minimum atomic E-state index is -0.947. The highest BCUT2D eigenvalue weighted by Gasteiger charge is 2.16. The molecule has 0 aromatic heterocycles. The zero-order chi connectivity index (χ0) is 16.1. The van der Waals surface area contributed by atoms with E-state index in [1.54, 1.807) is 0 Å². The van der Waals surface area contributed by atoms with Crippen molar-refractivity contribution in [3.63, 3.8) is 0 Å². The maximum Gasteiger partial charge on any atom is 0.404 e. The van der Waals surface area contributed by atoms with Gasteiger partial charge in [0, 0.05) is 13.1 Å². The largest absolute Gasteiger partial charge is 0.465 e. The van der Waals surface area contributed by atoms with Gasteiger partial charge in [0.05, 0.1) is 0 Å². The summed E-state index contributed by atoms with van der Waals surface area (Å²) in [6.07, 6.45) is 3.96. The number of hydrogen-bond acceptors (Lipinski definition) is 5. The molecule has 0 atom stereocenters. The summed E-state index contributed by atoms with van der Waals surface area (Å²) in [5.74, 6) is 0. The van der Waals surface area contributed by atoms with Crippen molar-refractivity contribution >= 4 is 6.09 Å². The molecule has 0 saturated heterocycles. The van der Waals surface area contributed by atoms with E-state index in [4.69, 9.17) is 5.11 Å². The van der Waals surface area contributed by atoms with Gasteiger partial charge in [-0.3, -0.25) is 0 Å². The lowest BCUT2D eigenvalue weighted by atomic mass is 9.98. The Kier molecular flexibility index (Phi) is 11.3. The SMILES string of the molecule is CCN(CC)CCNC(=O)O.O=[N+]([O-])OC1CCCCC1. The van der Waals surface area contributed by atoms with E-state index in [0.29, 0.717) is 6.54 Å². The van der Waals surface area contributed by atoms with E-state index in [1.165, 1.54) is 6.42 Å². The third-order valence-electron chi connectivity index (χ3n) is 3.39. The predicted octanol–water partition coefficient (Wildman–Crippen LogP) is 2.12. The first-order valence-electron chi connectivity index (χ1n) is 7.49. The first-order valence-corrected chi connectivity index (χ1v) is 7.49. The second-order valence-electron chi connectivity index (χ2n) is 4.85. The highest BCUT2D eigenvalue weighted by molar-refractivity contribution is 5.64. The monoisotopic (exact) mass is 305 g/mol. The van der Waals surface area contributed by atoms with Crippen LogP contribution in [0.2, 0.25) is 0 Å². The molecule has 1 aliphatic rings. The fourth-order valence-electron chi connectivity index (χ4n) is 2.15. The van der Waals surface area contributed by atoms with Crippen molar-refractivity contribution in [3.05, 3.63) is 10.1 Å². The van der Waals surface area contributed by atoms with Crippen molar-refractivity contribution in [2.45, 2.75) is 52.1 Å². The molecule has 0 radical (unpaired) electrons. The van der Waals surface area contributed by atoms with E-state index in [9.17, 15) is 14.9 Å². The quantitative estimate of drug-likeness (QED) is 0.551. The zero-order valence-corrected chi connectivity index (χ0v) is 12.9. The summed E-state index contributed by atoms with van der Waals surface area (Å²) in [5, 5.41) is 19.7. The number of rotatable bonds is 7. The van der Waals surface area contributed by atoms with Crippen molar-refractivity contribution in [3.8, 4) is 0 Å². The first-order chi connectivity index (χ1) is 9.99. The Hall–Kier alpha value is -1.57. The van der Waals surface area contributed by atoms with Gasteiger partial charge in [-0.2, -0.15) is 0 Å². The van der Waals surface area contributed by atoms with Crippen LogP contribution in [0, 0.1) is 10.1 Å². The molecule has 8 nitrogen and oxygen atoms in total. The van der Waals surface area contributed by atoms with Gasteiger partial charge in [-0.05, 0) is 25.9 Å². The van der Waals surface area contributed by atoms with Crippen LogP contribution in [-0.4, -0.2) is 53.5 Å². The van der Waals surface area contributed by atoms with E-state index in [-0.39, 0.29) is 6.10 Å². The summed E-state index contributed by atoms with van der Waals surface area (Å²) in [4.78, 5) is 26.5. The van der Waals surface area contributed by atoms with Gasteiger partial charge in [-0.1, -0.05) is 33.1 Å². The Bertz CT molecular complexity index is 292. The standard InChI is InChI=1S/C7H16N2O2.C6H11NO3/c1-3-9(4-2)6-5-8-7(10)11;8-7(9)10-6-4-2-1-3-5-6/h8H,3-6H2,1-2H3,(H,10,11);6H,1-5H2. The van der Waals surface area contributed by atoms with Crippen molar-refractivity contribution < 1.29 is 19.8 Å². The number of nitrogens with one attached hydrogen (secondary N) is 1. The van der Waals surface area contributed by atoms with Crippen LogP contribution < -0.4 is 5.32 Å². The Morgan fingerprint density at radius 3 is 2.33 bits per heavy atom. The van der Waals surface area contributed by atoms with E-state index in [1.807, 2.05) is 0 Å². The molecular weight excluding hydrogens is 278 g/mol. The smallest absolute Gasteiger partial charge is 0.404 e. The molecule has 1 saturated carbocycles. The minimum Gasteiger partial charge on any atom is -0.465 e. The normalized spacial score (nSPS) is 15.0. The summed E-state index contributed by atoms with van der Waals surface area (Å²) in [7, 11) is 0. The summed E-state index contributed by atoms with van der Waals surface area (Å²) < 4.78 is 0. The van der Waals surface area contributed by atoms with Gasteiger partial charge in [0.25, 0.3) is 5.09 Å². The molecule has 2 N–H and O–H groups in total. The second-order valence-corrected chi connectivity index (χ2v) is 4.85. The van der Waals surface area contributed by atoms with Crippen molar-refractivity contribution in [1.29, 1.82) is 0 Å². The molecule has 1 rings (SSSR count). The Morgan fingerprint density at radius 2 is 1.90 bits per heavy atom. The summed E-state index contributed by atoms with van der Waals surface area (Å²) in [5.41, 5.74) is 0. The van der Waals surface area contributed by atoms with Crippen LogP contribution in [0.5, 0.6) is 0 Å². The Labute approximate surface area is 125 Å². The fraction of sp³-hybridized carbons (Fsp3) is 0.923. The maximum absolute atomic E-state index is 10.0. The van der Waals surface area contributed by atoms with Crippen LogP contribution in [0.4, 0.5) is 4.79 Å². The molecule has 1 aliphatic carbocycles. The van der Waals surface area contributed by atoms with Crippen molar-refractivity contribution in [2.75, 3.05) is 26.2 Å². The van der Waals surface area contributed by atoms with E-state index >= 15 is 0 Å². The molecule has 21 heavy (non-hydrogen) atoms. The lowest BCUT2D eigenvalue weighted by Crippen LogP contribution is -2.33. The lowest BCUT2D eigenvalue weighted by Gasteiger charge is -2.18. The Balaban J connectivity index is 0.000000382. The summed E-state index contributed by atoms with van der Waals surface area (Å²) in [6, 6.07) is 0. The van der Waals surface area contributed by atoms with Gasteiger partial charge in [0.15, 0.2) is 0 Å². The van der Waals surface area contributed by atoms with Crippen LogP contribution in [0.25, 0.3) is 0 Å². The van der Waals surface area contributed by atoms with Gasteiger partial charge >= 0.3 is 6.09 Å². The molecule has 0 unspecified atom stereocenters. The number of likely N-dealkylation sites (N-methyl/N-ethyl adjacent to an activating group) is 1. The van der Waals surface area contributed by atoms with Gasteiger partial charge < -0.3 is 20.2 Å². The maximum atomic E-state index is 10.0. The number of carbonyl (C=O) groups is 1. The van der Waals surface area contributed by atoms with Crippen molar-refractivity contribution in [2.24, 2.45) is 0 Å². The number of carboxylic acid groups (broad SMARTS) is 1. The van der Waals surface area contributed by atoms with E-state index in [2.05, 4.69) is 28.9 Å². The van der Waals surface area contributed by atoms with E-state index < -0.39 is 11.2 Å². The summed E-state index contributed by atoms with van der Waals surface area (Å²) >= 11 is 0. The number of nitrogens with zero attached hydrogens (tertiary/aromatic N) is 2. The molecule has 0 aliphatic heterocycles. The molecule has 1 fully saturated rings. The topological polar surface area (TPSA) is 105 Å². The lowest BCUT2D eigenvalue weighted by molar-refractivity contribution is -0.769. The van der Waals surface area contributed by atoms with Crippen molar-refractivity contribution in [1.82, 2.24) is 10.2 Å². The van der Waals surface area contributed by atoms with Crippen LogP contribution in [0.15, 0.2) is 0 Å². The molecular formula is C13H27N3O5. The average molecular weight is 305 g/mol. The third-order valence-corrected chi connectivity index (χ3v) is 3.39. The van der Waals surface area contributed by atoms with E-state index in [0.717, 1.165) is 45.3 Å². The fourth-order valence-corrected chi connectivity index (χ4v) is 2.15. The molecule has 0 spiro atoms. The van der Waals surface area contributed by atoms with Gasteiger partial charge in [-0.25, -0.2) is 4.79 Å². The highest BCUT2D eigenvalue weighted by Crippen LogP contribution is 2.19.